The molecule has 10 aromatic rings. The van der Waals surface area contributed by atoms with E-state index in [1.54, 1.807) is 0 Å². The third-order valence-electron chi connectivity index (χ3n) is 11.8. The molecule has 11 rings (SSSR count). The Kier molecular flexibility index (Phi) is 7.76. The van der Waals surface area contributed by atoms with Gasteiger partial charge in [-0.3, -0.25) is 0 Å². The average molecular weight is 729 g/mol. The molecule has 1 heterocycles. The van der Waals surface area contributed by atoms with Gasteiger partial charge in [-0.2, -0.15) is 0 Å². The van der Waals surface area contributed by atoms with Gasteiger partial charge in [-0.15, -0.1) is 0 Å². The fourth-order valence-electron chi connectivity index (χ4n) is 9.13. The molecule has 0 saturated heterocycles. The number of benzene rings is 10. The molecule has 1 heteroatoms. The molecule has 0 bridgehead atoms. The second kappa shape index (κ2) is 13.3. The van der Waals surface area contributed by atoms with Crippen molar-refractivity contribution in [2.24, 2.45) is 0 Å². The van der Waals surface area contributed by atoms with Crippen molar-refractivity contribution in [2.75, 3.05) is 0 Å². The van der Waals surface area contributed by atoms with Gasteiger partial charge < -0.3 is 0 Å². The Morgan fingerprint density at radius 3 is 1.11 bits per heavy atom. The molecule has 10 aromatic carbocycles. The van der Waals surface area contributed by atoms with E-state index >= 15 is 0 Å². The van der Waals surface area contributed by atoms with E-state index in [0.717, 1.165) is 0 Å². The summed E-state index contributed by atoms with van der Waals surface area (Å²) < 4.78 is 0. The largest absolute Gasteiger partial charge is 0.0894 e. The summed E-state index contributed by atoms with van der Waals surface area (Å²) in [4.78, 5) is 2.60. The number of hydrogen-bond donors (Lipinski definition) is 0. The van der Waals surface area contributed by atoms with E-state index in [9.17, 15) is 0 Å². The van der Waals surface area contributed by atoms with E-state index < -0.39 is 5.41 Å². The lowest BCUT2D eigenvalue weighted by Crippen LogP contribution is -2.34. The van der Waals surface area contributed by atoms with E-state index in [4.69, 9.17) is 0 Å². The summed E-state index contributed by atoms with van der Waals surface area (Å²) in [7, 11) is 0. The molecule has 0 aliphatic carbocycles. The average Bonchev–Trinajstić information content (AvgIpc) is 3.28. The molecule has 1 aliphatic rings. The molecule has 0 amide bonds. The Morgan fingerprint density at radius 2 is 0.625 bits per heavy atom. The lowest BCUT2D eigenvalue weighted by molar-refractivity contribution is 0.718. The van der Waals surface area contributed by atoms with E-state index in [1.807, 2.05) is 11.8 Å². The highest BCUT2D eigenvalue weighted by Crippen LogP contribution is 2.59. The van der Waals surface area contributed by atoms with Crippen molar-refractivity contribution >= 4 is 44.1 Å². The first kappa shape index (κ1) is 32.7. The molecule has 1 aliphatic heterocycles. The zero-order valence-electron chi connectivity index (χ0n) is 30.7. The number of rotatable bonds is 5. The summed E-state index contributed by atoms with van der Waals surface area (Å²) in [6.07, 6.45) is 0. The first-order valence-electron chi connectivity index (χ1n) is 19.3. The van der Waals surface area contributed by atoms with Crippen LogP contribution in [0.4, 0.5) is 0 Å². The van der Waals surface area contributed by atoms with E-state index in [2.05, 4.69) is 218 Å². The van der Waals surface area contributed by atoms with Gasteiger partial charge in [0.15, 0.2) is 0 Å². The van der Waals surface area contributed by atoms with Gasteiger partial charge in [0.05, 0.1) is 5.41 Å². The smallest absolute Gasteiger partial charge is 0.0735 e. The summed E-state index contributed by atoms with van der Waals surface area (Å²) in [5.41, 5.74) is 12.0. The van der Waals surface area contributed by atoms with Crippen molar-refractivity contribution in [3.63, 3.8) is 0 Å². The first-order valence-corrected chi connectivity index (χ1v) is 20.1. The minimum atomic E-state index is -0.595. The van der Waals surface area contributed by atoms with Crippen molar-refractivity contribution < 1.29 is 0 Å². The Morgan fingerprint density at radius 1 is 0.268 bits per heavy atom. The predicted octanol–water partition coefficient (Wildman–Crippen LogP) is 15.0. The Hall–Kier alpha value is -6.67. The minimum Gasteiger partial charge on any atom is -0.0894 e. The minimum absolute atomic E-state index is 0.595. The topological polar surface area (TPSA) is 0 Å². The number of hydrogen-bond acceptors (Lipinski definition) is 1. The molecule has 0 saturated carbocycles. The molecule has 262 valence electrons. The second-order valence-corrected chi connectivity index (χ2v) is 15.9. The van der Waals surface area contributed by atoms with Crippen LogP contribution in [-0.4, -0.2) is 0 Å². The molecular formula is C55H36S. The highest BCUT2D eigenvalue weighted by atomic mass is 32.2. The van der Waals surface area contributed by atoms with E-state index in [-0.39, 0.29) is 0 Å². The Labute approximate surface area is 331 Å². The standard InChI is InChI=1S/C55H36S/c1-3-11-37(12-4-1)39-23-29-47(30-24-39)55(48-31-25-40(26-32-48)44-20-22-45-35-43(19-21-46(45)36-44)38-13-5-2-6-14-38)53-49-17-9-7-15-41(49)27-33-51(53)56-52-34-28-42-16-8-10-18-50(42)54(52)55/h1-36H. The maximum absolute atomic E-state index is 2.40. The maximum atomic E-state index is 2.40. The molecule has 0 nitrogen and oxygen atoms in total. The van der Waals surface area contributed by atoms with Crippen molar-refractivity contribution in [3.8, 4) is 33.4 Å². The summed E-state index contributed by atoms with van der Waals surface area (Å²) in [6, 6.07) is 81.0. The molecule has 0 spiro atoms. The maximum Gasteiger partial charge on any atom is 0.0735 e. The van der Waals surface area contributed by atoms with Crippen molar-refractivity contribution in [2.45, 2.75) is 15.2 Å². The van der Waals surface area contributed by atoms with Crippen LogP contribution in [0.3, 0.4) is 0 Å². The summed E-state index contributed by atoms with van der Waals surface area (Å²) in [5.74, 6) is 0. The quantitative estimate of drug-likeness (QED) is 0.170. The Balaban J connectivity index is 1.14. The van der Waals surface area contributed by atoms with E-state index in [1.165, 1.54) is 97.7 Å². The summed E-state index contributed by atoms with van der Waals surface area (Å²) in [5, 5.41) is 7.57. The third-order valence-corrected chi connectivity index (χ3v) is 12.9. The summed E-state index contributed by atoms with van der Waals surface area (Å²) in [6.45, 7) is 0. The fraction of sp³-hybridized carbons (Fsp3) is 0.0182. The van der Waals surface area contributed by atoms with Crippen molar-refractivity contribution in [1.82, 2.24) is 0 Å². The zero-order valence-corrected chi connectivity index (χ0v) is 31.5. The molecule has 0 aromatic heterocycles. The van der Waals surface area contributed by atoms with Gasteiger partial charge in [-0.1, -0.05) is 206 Å². The third kappa shape index (κ3) is 5.23. The second-order valence-electron chi connectivity index (χ2n) is 14.8. The highest BCUT2D eigenvalue weighted by Gasteiger charge is 2.46. The summed E-state index contributed by atoms with van der Waals surface area (Å²) >= 11 is 1.90. The Bertz CT molecular complexity index is 2990. The monoisotopic (exact) mass is 728 g/mol. The molecule has 56 heavy (non-hydrogen) atoms. The van der Waals surface area contributed by atoms with Gasteiger partial charge >= 0.3 is 0 Å². The normalized spacial score (nSPS) is 13.1. The molecule has 0 atom stereocenters. The fourth-order valence-corrected chi connectivity index (χ4v) is 10.4. The molecule has 0 N–H and O–H groups in total. The van der Waals surface area contributed by atoms with Crippen LogP contribution in [-0.2, 0) is 5.41 Å². The van der Waals surface area contributed by atoms with Gasteiger partial charge in [0.2, 0.25) is 0 Å². The van der Waals surface area contributed by atoms with Crippen LogP contribution in [0.2, 0.25) is 0 Å². The van der Waals surface area contributed by atoms with Crippen LogP contribution in [0.1, 0.15) is 22.3 Å². The zero-order chi connectivity index (χ0) is 37.1. The van der Waals surface area contributed by atoms with Crippen LogP contribution in [0.5, 0.6) is 0 Å². The predicted molar refractivity (Wildman–Crippen MR) is 238 cm³/mol. The molecule has 0 unspecified atom stereocenters. The lowest BCUT2D eigenvalue weighted by atomic mass is 9.62. The molecule has 0 radical (unpaired) electrons. The van der Waals surface area contributed by atoms with Crippen LogP contribution >= 0.6 is 11.8 Å². The van der Waals surface area contributed by atoms with Gasteiger partial charge in [-0.05, 0) is 112 Å². The van der Waals surface area contributed by atoms with Crippen LogP contribution < -0.4 is 0 Å². The number of fused-ring (bicyclic) bond motifs is 7. The SMILES string of the molecule is c1ccc(-c2ccc(C3(c4ccc(-c5ccc6cc(-c7ccccc7)ccc6c5)cc4)c4c(ccc5ccccc45)Sc4ccc5ccccc5c43)cc2)cc1. The van der Waals surface area contributed by atoms with Gasteiger partial charge in [0, 0.05) is 9.79 Å². The van der Waals surface area contributed by atoms with Crippen molar-refractivity contribution in [1.29, 1.82) is 0 Å². The lowest BCUT2D eigenvalue weighted by Gasteiger charge is -2.43. The highest BCUT2D eigenvalue weighted by molar-refractivity contribution is 7.99. The van der Waals surface area contributed by atoms with Gasteiger partial charge in [-0.25, -0.2) is 0 Å². The van der Waals surface area contributed by atoms with Gasteiger partial charge in [0.1, 0.15) is 0 Å². The van der Waals surface area contributed by atoms with Gasteiger partial charge in [0.25, 0.3) is 0 Å². The first-order chi connectivity index (χ1) is 27.7. The van der Waals surface area contributed by atoms with Crippen LogP contribution in [0, 0.1) is 0 Å². The molecule has 0 fully saturated rings. The van der Waals surface area contributed by atoms with Crippen LogP contribution in [0.15, 0.2) is 228 Å². The van der Waals surface area contributed by atoms with Crippen LogP contribution in [0.25, 0.3) is 65.7 Å². The van der Waals surface area contributed by atoms with E-state index in [0.29, 0.717) is 0 Å². The molecular weight excluding hydrogens is 693 g/mol. The van der Waals surface area contributed by atoms with Crippen molar-refractivity contribution in [3.05, 3.63) is 241 Å².